The third-order valence-electron chi connectivity index (χ3n) is 3.35. The smallest absolute Gasteiger partial charge is 0.323 e. The lowest BCUT2D eigenvalue weighted by atomic mass is 10.0. The van der Waals surface area contributed by atoms with Crippen molar-refractivity contribution in [3.63, 3.8) is 0 Å². The molecule has 1 aliphatic rings. The number of nitrogens with one attached hydrogen (secondary N) is 1. The van der Waals surface area contributed by atoms with Gasteiger partial charge in [-0.05, 0) is 11.6 Å². The quantitative estimate of drug-likeness (QED) is 0.867. The fourth-order valence-corrected chi connectivity index (χ4v) is 2.27. The van der Waals surface area contributed by atoms with Crippen LogP contribution in [-0.4, -0.2) is 27.9 Å². The van der Waals surface area contributed by atoms with Crippen LogP contribution in [0, 0.1) is 0 Å². The number of fused-ring (bicyclic) bond motifs is 1. The van der Waals surface area contributed by atoms with Gasteiger partial charge in [-0.3, -0.25) is 5.32 Å². The topological polar surface area (TPSA) is 84.1 Å². The zero-order valence-corrected chi connectivity index (χ0v) is 11.1. The third kappa shape index (κ3) is 2.10. The number of amides is 2. The third-order valence-corrected chi connectivity index (χ3v) is 3.35. The van der Waals surface area contributed by atoms with E-state index in [0.717, 1.165) is 22.4 Å². The molecular formula is C14H15N5O. The second-order valence-corrected chi connectivity index (χ2v) is 4.74. The zero-order valence-electron chi connectivity index (χ0n) is 11.1. The molecule has 3 N–H and O–H groups in total. The Hall–Kier alpha value is -2.47. The average molecular weight is 269 g/mol. The summed E-state index contributed by atoms with van der Waals surface area (Å²) in [5.74, 6) is 0.580. The summed E-state index contributed by atoms with van der Waals surface area (Å²) < 4.78 is 0. The first kappa shape index (κ1) is 12.6. The van der Waals surface area contributed by atoms with Gasteiger partial charge in [0, 0.05) is 24.7 Å². The minimum Gasteiger partial charge on any atom is -0.326 e. The Morgan fingerprint density at radius 3 is 3.05 bits per heavy atom. The number of aromatic nitrogens is 2. The van der Waals surface area contributed by atoms with Gasteiger partial charge in [0.1, 0.15) is 12.1 Å². The van der Waals surface area contributed by atoms with Gasteiger partial charge in [0.2, 0.25) is 0 Å². The summed E-state index contributed by atoms with van der Waals surface area (Å²) in [4.78, 5) is 21.7. The molecule has 3 rings (SSSR count). The molecule has 0 atom stereocenters. The maximum Gasteiger partial charge on any atom is 0.323 e. The molecule has 2 aromatic rings. The molecule has 0 spiro atoms. The molecule has 102 valence electrons. The van der Waals surface area contributed by atoms with Crippen molar-refractivity contribution in [1.29, 1.82) is 0 Å². The van der Waals surface area contributed by atoms with Crippen LogP contribution in [0.15, 0.2) is 30.6 Å². The van der Waals surface area contributed by atoms with E-state index in [0.29, 0.717) is 18.9 Å². The van der Waals surface area contributed by atoms with Crippen molar-refractivity contribution in [3.8, 4) is 11.3 Å². The number of carbonyl (C=O) groups excluding carboxylic acids is 1. The number of hydrogen-bond acceptors (Lipinski definition) is 4. The molecule has 2 heterocycles. The summed E-state index contributed by atoms with van der Waals surface area (Å²) >= 11 is 0. The summed E-state index contributed by atoms with van der Waals surface area (Å²) in [5, 5.41) is 2.76. The van der Waals surface area contributed by atoms with Gasteiger partial charge >= 0.3 is 6.03 Å². The first-order chi connectivity index (χ1) is 9.69. The summed E-state index contributed by atoms with van der Waals surface area (Å²) in [5.41, 5.74) is 9.45. The number of urea groups is 1. The molecular weight excluding hydrogens is 254 g/mol. The summed E-state index contributed by atoms with van der Waals surface area (Å²) in [6, 6.07) is 7.78. The highest BCUT2D eigenvalue weighted by molar-refractivity contribution is 5.92. The molecule has 0 unspecified atom stereocenters. The normalized spacial score (nSPS) is 13.9. The maximum atomic E-state index is 11.6. The first-order valence-electron chi connectivity index (χ1n) is 6.34. The highest BCUT2D eigenvalue weighted by Gasteiger charge is 2.24. The molecule has 0 aliphatic carbocycles. The Balaban J connectivity index is 2.11. The predicted molar refractivity (Wildman–Crippen MR) is 75.8 cm³/mol. The number of rotatable bonds is 2. The van der Waals surface area contributed by atoms with E-state index < -0.39 is 0 Å². The largest absolute Gasteiger partial charge is 0.326 e. The van der Waals surface area contributed by atoms with Crippen molar-refractivity contribution in [2.75, 3.05) is 12.4 Å². The van der Waals surface area contributed by atoms with Crippen molar-refractivity contribution in [2.45, 2.75) is 13.1 Å². The molecule has 6 heteroatoms. The monoisotopic (exact) mass is 269 g/mol. The van der Waals surface area contributed by atoms with Crippen LogP contribution >= 0.6 is 0 Å². The second kappa shape index (κ2) is 4.90. The van der Waals surface area contributed by atoms with Gasteiger partial charge in [-0.1, -0.05) is 18.2 Å². The van der Waals surface area contributed by atoms with E-state index in [1.165, 1.54) is 6.33 Å². The van der Waals surface area contributed by atoms with E-state index in [4.69, 9.17) is 5.73 Å². The van der Waals surface area contributed by atoms with E-state index in [2.05, 4.69) is 15.3 Å². The lowest BCUT2D eigenvalue weighted by Crippen LogP contribution is -2.36. The Morgan fingerprint density at radius 2 is 2.25 bits per heavy atom. The Labute approximate surface area is 116 Å². The number of benzene rings is 1. The van der Waals surface area contributed by atoms with Crippen molar-refractivity contribution < 1.29 is 4.79 Å². The van der Waals surface area contributed by atoms with Crippen LogP contribution in [0.25, 0.3) is 11.3 Å². The van der Waals surface area contributed by atoms with Gasteiger partial charge in [0.15, 0.2) is 0 Å². The summed E-state index contributed by atoms with van der Waals surface area (Å²) in [6.45, 7) is 0.974. The van der Waals surface area contributed by atoms with Crippen LogP contribution in [0.2, 0.25) is 0 Å². The fourth-order valence-electron chi connectivity index (χ4n) is 2.27. The van der Waals surface area contributed by atoms with Gasteiger partial charge < -0.3 is 10.6 Å². The molecule has 1 aromatic carbocycles. The average Bonchev–Trinajstić information content (AvgIpc) is 2.48. The molecule has 0 saturated carbocycles. The summed E-state index contributed by atoms with van der Waals surface area (Å²) in [6.07, 6.45) is 1.47. The number of nitrogens with zero attached hydrogens (tertiary/aromatic N) is 3. The van der Waals surface area contributed by atoms with Crippen molar-refractivity contribution in [2.24, 2.45) is 5.73 Å². The number of hydrogen-bond donors (Lipinski definition) is 2. The van der Waals surface area contributed by atoms with Gasteiger partial charge in [-0.2, -0.15) is 0 Å². The molecule has 1 aromatic heterocycles. The Bertz CT molecular complexity index is 670. The molecule has 0 radical (unpaired) electrons. The summed E-state index contributed by atoms with van der Waals surface area (Å²) in [7, 11) is 1.74. The molecule has 6 nitrogen and oxygen atoms in total. The van der Waals surface area contributed by atoms with Gasteiger partial charge in [-0.15, -0.1) is 0 Å². The van der Waals surface area contributed by atoms with E-state index in [-0.39, 0.29) is 6.03 Å². The van der Waals surface area contributed by atoms with E-state index in [1.54, 1.807) is 11.9 Å². The number of anilines is 1. The van der Waals surface area contributed by atoms with Crippen LogP contribution in [0.5, 0.6) is 0 Å². The van der Waals surface area contributed by atoms with Crippen LogP contribution < -0.4 is 11.1 Å². The zero-order chi connectivity index (χ0) is 14.1. The van der Waals surface area contributed by atoms with Crippen LogP contribution in [-0.2, 0) is 13.1 Å². The van der Waals surface area contributed by atoms with E-state index in [9.17, 15) is 4.79 Å². The Kier molecular flexibility index (Phi) is 3.08. The van der Waals surface area contributed by atoms with Crippen molar-refractivity contribution in [3.05, 3.63) is 41.7 Å². The van der Waals surface area contributed by atoms with E-state index >= 15 is 0 Å². The standard InChI is InChI=1S/C14H15N5O/c1-19-7-11-12(10-4-2-3-9(5-10)6-15)16-8-17-13(11)18-14(19)20/h2-5,8H,6-7,15H2,1H3,(H,16,17,18,20). The molecule has 0 saturated heterocycles. The molecule has 2 amide bonds. The van der Waals surface area contributed by atoms with Crippen molar-refractivity contribution >= 4 is 11.8 Å². The minimum absolute atomic E-state index is 0.155. The van der Waals surface area contributed by atoms with Gasteiger partial charge in [0.05, 0.1) is 12.2 Å². The van der Waals surface area contributed by atoms with Gasteiger partial charge in [-0.25, -0.2) is 14.8 Å². The lowest BCUT2D eigenvalue weighted by molar-refractivity contribution is 0.218. The second-order valence-electron chi connectivity index (χ2n) is 4.74. The SMILES string of the molecule is CN1Cc2c(ncnc2-c2cccc(CN)c2)NC1=O. The molecule has 1 aliphatic heterocycles. The van der Waals surface area contributed by atoms with Crippen LogP contribution in [0.3, 0.4) is 0 Å². The molecule has 20 heavy (non-hydrogen) atoms. The Morgan fingerprint density at radius 1 is 1.40 bits per heavy atom. The fraction of sp³-hybridized carbons (Fsp3) is 0.214. The minimum atomic E-state index is -0.155. The lowest BCUT2D eigenvalue weighted by Gasteiger charge is -2.26. The van der Waals surface area contributed by atoms with E-state index in [1.807, 2.05) is 24.3 Å². The number of nitrogens with two attached hydrogens (primary N) is 1. The predicted octanol–water partition coefficient (Wildman–Crippen LogP) is 1.58. The first-order valence-corrected chi connectivity index (χ1v) is 6.34. The van der Waals surface area contributed by atoms with Crippen LogP contribution in [0.4, 0.5) is 10.6 Å². The maximum absolute atomic E-state index is 11.6. The number of carbonyl (C=O) groups is 1. The van der Waals surface area contributed by atoms with Crippen LogP contribution in [0.1, 0.15) is 11.1 Å². The molecule has 0 fully saturated rings. The highest BCUT2D eigenvalue weighted by Crippen LogP contribution is 2.29. The molecule has 0 bridgehead atoms. The van der Waals surface area contributed by atoms with Gasteiger partial charge in [0.25, 0.3) is 0 Å². The van der Waals surface area contributed by atoms with Crippen molar-refractivity contribution in [1.82, 2.24) is 14.9 Å². The highest BCUT2D eigenvalue weighted by atomic mass is 16.2.